The van der Waals surface area contributed by atoms with E-state index in [1.54, 1.807) is 0 Å². The van der Waals surface area contributed by atoms with Gasteiger partial charge < -0.3 is 10.3 Å². The van der Waals surface area contributed by atoms with Crippen LogP contribution in [0.25, 0.3) is 0 Å². The van der Waals surface area contributed by atoms with Crippen molar-refractivity contribution in [3.63, 3.8) is 0 Å². The Bertz CT molecular complexity index is 407. The SMILES string of the molecule is Cc1nnc(C2(C)CCCC2N)n1C1CC1. The van der Waals surface area contributed by atoms with Gasteiger partial charge in [0.05, 0.1) is 0 Å². The van der Waals surface area contributed by atoms with Gasteiger partial charge in [-0.2, -0.15) is 0 Å². The maximum atomic E-state index is 6.26. The first-order chi connectivity index (χ1) is 7.63. The molecule has 2 aliphatic carbocycles. The highest BCUT2D eigenvalue weighted by atomic mass is 15.3. The molecular weight excluding hydrogens is 200 g/mol. The summed E-state index contributed by atoms with van der Waals surface area (Å²) >= 11 is 0. The van der Waals surface area contributed by atoms with E-state index in [1.807, 2.05) is 0 Å². The summed E-state index contributed by atoms with van der Waals surface area (Å²) in [5.41, 5.74) is 6.31. The molecule has 0 radical (unpaired) electrons. The van der Waals surface area contributed by atoms with Crippen LogP contribution in [-0.4, -0.2) is 20.8 Å². The van der Waals surface area contributed by atoms with Gasteiger partial charge in [0.15, 0.2) is 0 Å². The summed E-state index contributed by atoms with van der Waals surface area (Å²) in [5.74, 6) is 2.19. The van der Waals surface area contributed by atoms with Crippen LogP contribution < -0.4 is 5.73 Å². The quantitative estimate of drug-likeness (QED) is 0.825. The number of nitrogens with zero attached hydrogens (tertiary/aromatic N) is 3. The Labute approximate surface area is 96.2 Å². The van der Waals surface area contributed by atoms with Crippen molar-refractivity contribution in [2.45, 2.75) is 63.5 Å². The highest BCUT2D eigenvalue weighted by molar-refractivity contribution is 5.18. The predicted molar refractivity (Wildman–Crippen MR) is 62.2 cm³/mol. The molecule has 0 aliphatic heterocycles. The second-order valence-corrected chi connectivity index (χ2v) is 5.59. The van der Waals surface area contributed by atoms with Gasteiger partial charge in [-0.1, -0.05) is 13.3 Å². The summed E-state index contributed by atoms with van der Waals surface area (Å²) in [6, 6.07) is 0.892. The average Bonchev–Trinajstić information content (AvgIpc) is 2.93. The van der Waals surface area contributed by atoms with Gasteiger partial charge in [-0.25, -0.2) is 0 Å². The predicted octanol–water partition coefficient (Wildman–Crippen LogP) is 1.69. The molecule has 0 amide bonds. The summed E-state index contributed by atoms with van der Waals surface area (Å²) in [6.07, 6.45) is 6.04. The molecule has 2 N–H and O–H groups in total. The lowest BCUT2D eigenvalue weighted by Crippen LogP contribution is -2.40. The van der Waals surface area contributed by atoms with E-state index in [9.17, 15) is 0 Å². The first-order valence-electron chi connectivity index (χ1n) is 6.30. The molecule has 2 aliphatic rings. The van der Waals surface area contributed by atoms with Crippen molar-refractivity contribution < 1.29 is 0 Å². The molecule has 16 heavy (non-hydrogen) atoms. The molecule has 2 unspecified atom stereocenters. The maximum absolute atomic E-state index is 6.26. The Morgan fingerprint density at radius 1 is 1.31 bits per heavy atom. The van der Waals surface area contributed by atoms with E-state index in [2.05, 4.69) is 28.6 Å². The van der Waals surface area contributed by atoms with E-state index in [0.29, 0.717) is 6.04 Å². The standard InChI is InChI=1S/C12H20N4/c1-8-14-15-11(16(8)9-5-6-9)12(2)7-3-4-10(12)13/h9-10H,3-7,13H2,1-2H3. The third-order valence-corrected chi connectivity index (χ3v) is 4.32. The number of aromatic nitrogens is 3. The third-order valence-electron chi connectivity index (χ3n) is 4.32. The van der Waals surface area contributed by atoms with Crippen molar-refractivity contribution in [1.82, 2.24) is 14.8 Å². The van der Waals surface area contributed by atoms with Crippen molar-refractivity contribution in [1.29, 1.82) is 0 Å². The van der Waals surface area contributed by atoms with Crippen molar-refractivity contribution in [2.75, 3.05) is 0 Å². The van der Waals surface area contributed by atoms with Crippen LogP contribution in [0, 0.1) is 6.92 Å². The van der Waals surface area contributed by atoms with E-state index >= 15 is 0 Å². The Morgan fingerprint density at radius 2 is 2.06 bits per heavy atom. The zero-order valence-electron chi connectivity index (χ0n) is 10.1. The first-order valence-corrected chi connectivity index (χ1v) is 6.30. The van der Waals surface area contributed by atoms with Gasteiger partial charge in [-0.15, -0.1) is 10.2 Å². The van der Waals surface area contributed by atoms with Crippen LogP contribution >= 0.6 is 0 Å². The fourth-order valence-electron chi connectivity index (χ4n) is 3.00. The van der Waals surface area contributed by atoms with Crippen LogP contribution in [-0.2, 0) is 5.41 Å². The second kappa shape index (κ2) is 3.29. The van der Waals surface area contributed by atoms with Crippen LogP contribution in [0.1, 0.15) is 56.7 Å². The molecule has 1 heterocycles. The summed E-state index contributed by atoms with van der Waals surface area (Å²) in [7, 11) is 0. The first kappa shape index (κ1) is 10.3. The molecule has 2 saturated carbocycles. The van der Waals surface area contributed by atoms with Gasteiger partial charge in [0.1, 0.15) is 11.6 Å². The van der Waals surface area contributed by atoms with Crippen LogP contribution in [0.2, 0.25) is 0 Å². The average molecular weight is 220 g/mol. The maximum Gasteiger partial charge on any atom is 0.140 e. The van der Waals surface area contributed by atoms with Crippen molar-refractivity contribution >= 4 is 0 Å². The lowest BCUT2D eigenvalue weighted by Gasteiger charge is -2.28. The molecule has 2 fully saturated rings. The van der Waals surface area contributed by atoms with Crippen molar-refractivity contribution in [3.8, 4) is 0 Å². The smallest absolute Gasteiger partial charge is 0.140 e. The summed E-state index contributed by atoms with van der Waals surface area (Å²) in [4.78, 5) is 0. The molecule has 2 atom stereocenters. The molecule has 1 aromatic rings. The molecule has 0 spiro atoms. The second-order valence-electron chi connectivity index (χ2n) is 5.59. The number of hydrogen-bond donors (Lipinski definition) is 1. The van der Waals surface area contributed by atoms with Gasteiger partial charge >= 0.3 is 0 Å². The highest BCUT2D eigenvalue weighted by Gasteiger charge is 2.44. The number of nitrogens with two attached hydrogens (primary N) is 1. The minimum atomic E-state index is 0.0455. The molecular formula is C12H20N4. The summed E-state index contributed by atoms with van der Waals surface area (Å²) < 4.78 is 2.34. The highest BCUT2D eigenvalue weighted by Crippen LogP contribution is 2.44. The van der Waals surface area contributed by atoms with E-state index in [1.165, 1.54) is 19.3 Å². The van der Waals surface area contributed by atoms with Crippen molar-refractivity contribution in [3.05, 3.63) is 11.6 Å². The zero-order chi connectivity index (χ0) is 11.3. The summed E-state index contributed by atoms with van der Waals surface area (Å²) in [6.45, 7) is 4.31. The number of hydrogen-bond acceptors (Lipinski definition) is 3. The fourth-order valence-corrected chi connectivity index (χ4v) is 3.00. The van der Waals surface area contributed by atoms with Crippen LogP contribution in [0.5, 0.6) is 0 Å². The molecule has 4 heteroatoms. The topological polar surface area (TPSA) is 56.7 Å². The van der Waals surface area contributed by atoms with Gasteiger partial charge in [0, 0.05) is 17.5 Å². The van der Waals surface area contributed by atoms with E-state index in [4.69, 9.17) is 5.73 Å². The Morgan fingerprint density at radius 3 is 2.62 bits per heavy atom. The summed E-state index contributed by atoms with van der Waals surface area (Å²) in [5, 5.41) is 8.67. The van der Waals surface area contributed by atoms with Crippen molar-refractivity contribution in [2.24, 2.45) is 5.73 Å². The molecule has 3 rings (SSSR count). The van der Waals surface area contributed by atoms with Gasteiger partial charge in [-0.3, -0.25) is 0 Å². The molecule has 0 aromatic carbocycles. The largest absolute Gasteiger partial charge is 0.327 e. The van der Waals surface area contributed by atoms with Crippen LogP contribution in [0.3, 0.4) is 0 Å². The van der Waals surface area contributed by atoms with Gasteiger partial charge in [-0.05, 0) is 32.6 Å². The van der Waals surface area contributed by atoms with E-state index in [0.717, 1.165) is 24.5 Å². The molecule has 1 aromatic heterocycles. The van der Waals surface area contributed by atoms with Gasteiger partial charge in [0.2, 0.25) is 0 Å². The molecule has 88 valence electrons. The zero-order valence-corrected chi connectivity index (χ0v) is 10.1. The fraction of sp³-hybridized carbons (Fsp3) is 0.833. The van der Waals surface area contributed by atoms with Crippen LogP contribution in [0.4, 0.5) is 0 Å². The Balaban J connectivity index is 2.05. The van der Waals surface area contributed by atoms with E-state index in [-0.39, 0.29) is 11.5 Å². The monoisotopic (exact) mass is 220 g/mol. The molecule has 4 nitrogen and oxygen atoms in total. The Kier molecular flexibility index (Phi) is 2.11. The van der Waals surface area contributed by atoms with Gasteiger partial charge in [0.25, 0.3) is 0 Å². The lowest BCUT2D eigenvalue weighted by atomic mass is 9.84. The number of rotatable bonds is 2. The minimum absolute atomic E-state index is 0.0455. The van der Waals surface area contributed by atoms with Crippen LogP contribution in [0.15, 0.2) is 0 Å². The lowest BCUT2D eigenvalue weighted by molar-refractivity contribution is 0.383. The Hall–Kier alpha value is -0.900. The minimum Gasteiger partial charge on any atom is -0.327 e. The molecule has 0 saturated heterocycles. The number of aryl methyl sites for hydroxylation is 1. The third kappa shape index (κ3) is 1.32. The van der Waals surface area contributed by atoms with E-state index < -0.39 is 0 Å². The molecule has 0 bridgehead atoms. The normalized spacial score (nSPS) is 34.6.